The van der Waals surface area contributed by atoms with E-state index < -0.39 is 0 Å². The first-order chi connectivity index (χ1) is 7.75. The van der Waals surface area contributed by atoms with Gasteiger partial charge in [0.25, 0.3) is 0 Å². The zero-order valence-electron chi connectivity index (χ0n) is 9.23. The summed E-state index contributed by atoms with van der Waals surface area (Å²) >= 11 is 0. The summed E-state index contributed by atoms with van der Waals surface area (Å²) in [6, 6.07) is 5.66. The van der Waals surface area contributed by atoms with Crippen molar-refractivity contribution < 1.29 is 9.13 Å². The lowest BCUT2D eigenvalue weighted by molar-refractivity contribution is -0.358. The van der Waals surface area contributed by atoms with Gasteiger partial charge >= 0.3 is 0 Å². The minimum atomic E-state index is -0.310. The van der Waals surface area contributed by atoms with Crippen LogP contribution in [0.2, 0.25) is 0 Å². The molecule has 1 aliphatic carbocycles. The second kappa shape index (κ2) is 5.10. The number of halogens is 1. The molecule has 1 saturated carbocycles. The summed E-state index contributed by atoms with van der Waals surface area (Å²) in [6.07, 6.45) is 7.61. The van der Waals surface area contributed by atoms with E-state index in [1.807, 2.05) is 0 Å². The topological polar surface area (TPSA) is 26.1 Å². The SMILES string of the molecule is [O-]/[N+](=C\C1CCCCC1)c1ccc(F)cc1. The predicted octanol–water partition coefficient (Wildman–Crippen LogP) is 3.62. The van der Waals surface area contributed by atoms with Crippen molar-refractivity contribution in [3.63, 3.8) is 0 Å². The zero-order valence-corrected chi connectivity index (χ0v) is 9.23. The van der Waals surface area contributed by atoms with Crippen LogP contribution in [0.1, 0.15) is 32.1 Å². The highest BCUT2D eigenvalue weighted by Gasteiger charge is 2.15. The zero-order chi connectivity index (χ0) is 11.4. The highest BCUT2D eigenvalue weighted by molar-refractivity contribution is 5.57. The Kier molecular flexibility index (Phi) is 3.54. The van der Waals surface area contributed by atoms with E-state index in [4.69, 9.17) is 0 Å². The molecule has 86 valence electrons. The second-order valence-electron chi connectivity index (χ2n) is 4.35. The van der Waals surface area contributed by atoms with Gasteiger partial charge < -0.3 is 5.21 Å². The van der Waals surface area contributed by atoms with E-state index in [0.29, 0.717) is 11.6 Å². The molecule has 0 heterocycles. The quantitative estimate of drug-likeness (QED) is 0.324. The van der Waals surface area contributed by atoms with E-state index in [9.17, 15) is 9.60 Å². The standard InChI is InChI=1S/C13H16FNO/c14-12-6-8-13(9-7-12)15(16)10-11-4-2-1-3-5-11/h6-11H,1-5H2/b15-10-. The molecule has 0 spiro atoms. The third-order valence-corrected chi connectivity index (χ3v) is 3.08. The highest BCUT2D eigenvalue weighted by Crippen LogP contribution is 2.22. The Labute approximate surface area is 95.0 Å². The van der Waals surface area contributed by atoms with Gasteiger partial charge in [-0.15, -0.1) is 0 Å². The van der Waals surface area contributed by atoms with Gasteiger partial charge in [0.1, 0.15) is 5.82 Å². The molecule has 0 amide bonds. The molecule has 1 aliphatic rings. The second-order valence-corrected chi connectivity index (χ2v) is 4.35. The molecule has 1 aromatic rings. The van der Waals surface area contributed by atoms with E-state index in [0.717, 1.165) is 17.6 Å². The molecule has 0 aliphatic heterocycles. The fraction of sp³-hybridized carbons (Fsp3) is 0.462. The predicted molar refractivity (Wildman–Crippen MR) is 62.3 cm³/mol. The molecule has 16 heavy (non-hydrogen) atoms. The smallest absolute Gasteiger partial charge is 0.216 e. The molecular formula is C13H16FNO. The maximum Gasteiger partial charge on any atom is 0.216 e. The molecule has 0 unspecified atom stereocenters. The van der Waals surface area contributed by atoms with Crippen LogP contribution in [0.15, 0.2) is 24.3 Å². The Morgan fingerprint density at radius 3 is 2.38 bits per heavy atom. The molecule has 0 aromatic heterocycles. The first kappa shape index (κ1) is 11.1. The Morgan fingerprint density at radius 2 is 1.75 bits per heavy atom. The van der Waals surface area contributed by atoms with Gasteiger partial charge in [0.2, 0.25) is 5.69 Å². The average molecular weight is 221 g/mol. The molecule has 0 atom stereocenters. The van der Waals surface area contributed by atoms with Crippen LogP contribution in [0.3, 0.4) is 0 Å². The van der Waals surface area contributed by atoms with Gasteiger partial charge in [0.05, 0.1) is 0 Å². The summed E-state index contributed by atoms with van der Waals surface area (Å²) in [5.74, 6) is 0.0751. The van der Waals surface area contributed by atoms with Crippen molar-refractivity contribution in [2.75, 3.05) is 0 Å². The van der Waals surface area contributed by atoms with Crippen molar-refractivity contribution in [3.05, 3.63) is 35.3 Å². The first-order valence-corrected chi connectivity index (χ1v) is 5.82. The van der Waals surface area contributed by atoms with Crippen LogP contribution in [-0.2, 0) is 0 Å². The van der Waals surface area contributed by atoms with Gasteiger partial charge in [0.15, 0.2) is 6.21 Å². The van der Waals surface area contributed by atoms with Gasteiger partial charge in [-0.25, -0.2) is 4.39 Å². The molecule has 2 nitrogen and oxygen atoms in total. The van der Waals surface area contributed by atoms with Gasteiger partial charge in [-0.05, 0) is 25.0 Å². The summed E-state index contributed by atoms with van der Waals surface area (Å²) in [6.45, 7) is 0. The third-order valence-electron chi connectivity index (χ3n) is 3.08. The van der Waals surface area contributed by atoms with Crippen molar-refractivity contribution in [1.82, 2.24) is 0 Å². The summed E-state index contributed by atoms with van der Waals surface area (Å²) < 4.78 is 13.5. The molecule has 0 saturated heterocycles. The van der Waals surface area contributed by atoms with Crippen LogP contribution in [0, 0.1) is 16.9 Å². The van der Waals surface area contributed by atoms with Gasteiger partial charge in [-0.3, -0.25) is 0 Å². The number of hydrogen-bond donors (Lipinski definition) is 0. The van der Waals surface area contributed by atoms with Gasteiger partial charge in [0, 0.05) is 18.1 Å². The molecular weight excluding hydrogens is 205 g/mol. The Morgan fingerprint density at radius 1 is 1.12 bits per heavy atom. The lowest BCUT2D eigenvalue weighted by atomic mass is 9.90. The van der Waals surface area contributed by atoms with Crippen LogP contribution < -0.4 is 0 Å². The van der Waals surface area contributed by atoms with Crippen molar-refractivity contribution >= 4 is 11.9 Å². The monoisotopic (exact) mass is 221 g/mol. The van der Waals surface area contributed by atoms with E-state index in [-0.39, 0.29) is 5.82 Å². The molecule has 0 N–H and O–H groups in total. The van der Waals surface area contributed by atoms with Crippen molar-refractivity contribution in [2.24, 2.45) is 5.92 Å². The maximum atomic E-state index is 12.7. The summed E-state index contributed by atoms with van der Waals surface area (Å²) in [7, 11) is 0. The average Bonchev–Trinajstić information content (AvgIpc) is 2.31. The molecule has 1 fully saturated rings. The van der Waals surface area contributed by atoms with E-state index in [1.165, 1.54) is 43.5 Å². The van der Waals surface area contributed by atoms with Crippen LogP contribution in [-0.4, -0.2) is 11.0 Å². The van der Waals surface area contributed by atoms with Crippen LogP contribution in [0.25, 0.3) is 0 Å². The lowest BCUT2D eigenvalue weighted by Crippen LogP contribution is -2.12. The first-order valence-electron chi connectivity index (χ1n) is 5.82. The molecule has 0 radical (unpaired) electrons. The van der Waals surface area contributed by atoms with Gasteiger partial charge in [-0.2, -0.15) is 4.74 Å². The van der Waals surface area contributed by atoms with Crippen LogP contribution in [0.5, 0.6) is 0 Å². The Hall–Kier alpha value is -1.38. The summed E-state index contributed by atoms with van der Waals surface area (Å²) in [4.78, 5) is 0. The third kappa shape index (κ3) is 2.81. The van der Waals surface area contributed by atoms with Crippen LogP contribution >= 0.6 is 0 Å². The van der Waals surface area contributed by atoms with Crippen molar-refractivity contribution in [3.8, 4) is 0 Å². The fourth-order valence-corrected chi connectivity index (χ4v) is 2.15. The minimum absolute atomic E-state index is 0.310. The minimum Gasteiger partial charge on any atom is -0.619 e. The van der Waals surface area contributed by atoms with Crippen LogP contribution in [0.4, 0.5) is 10.1 Å². The number of nitrogens with zero attached hydrogens (tertiary/aromatic N) is 1. The number of rotatable bonds is 2. The molecule has 1 aromatic carbocycles. The summed E-state index contributed by atoms with van der Waals surface area (Å²) in [5.41, 5.74) is 0.506. The van der Waals surface area contributed by atoms with Gasteiger partial charge in [-0.1, -0.05) is 19.3 Å². The molecule has 0 bridgehead atoms. The Balaban J connectivity index is 2.07. The summed E-state index contributed by atoms with van der Waals surface area (Å²) in [5, 5.41) is 11.8. The number of hydrogen-bond acceptors (Lipinski definition) is 1. The van der Waals surface area contributed by atoms with E-state index in [1.54, 1.807) is 6.21 Å². The Bertz CT molecular complexity index is 366. The van der Waals surface area contributed by atoms with Crippen molar-refractivity contribution in [2.45, 2.75) is 32.1 Å². The molecule has 3 heteroatoms. The maximum absolute atomic E-state index is 12.7. The van der Waals surface area contributed by atoms with Crippen molar-refractivity contribution in [1.29, 1.82) is 0 Å². The highest BCUT2D eigenvalue weighted by atomic mass is 19.1. The lowest BCUT2D eigenvalue weighted by Gasteiger charge is -2.16. The normalized spacial score (nSPS) is 18.7. The largest absolute Gasteiger partial charge is 0.619 e. The fourth-order valence-electron chi connectivity index (χ4n) is 2.15. The van der Waals surface area contributed by atoms with E-state index >= 15 is 0 Å². The van der Waals surface area contributed by atoms with E-state index in [2.05, 4.69) is 0 Å². The molecule has 2 rings (SSSR count). The number of benzene rings is 1.